The molecule has 0 aliphatic heterocycles. The van der Waals surface area contributed by atoms with Crippen molar-refractivity contribution >= 4 is 16.9 Å². The Balaban J connectivity index is 2.79. The smallest absolute Gasteiger partial charge is 0.372 e. The Morgan fingerprint density at radius 3 is 2.76 bits per heavy atom. The Labute approximate surface area is 94.4 Å². The molecule has 0 bridgehead atoms. The summed E-state index contributed by atoms with van der Waals surface area (Å²) in [6.07, 6.45) is 0. The quantitative estimate of drug-likeness (QED) is 0.898. The Morgan fingerprint density at radius 2 is 2.18 bits per heavy atom. The van der Waals surface area contributed by atoms with Crippen molar-refractivity contribution in [1.82, 2.24) is 0 Å². The van der Waals surface area contributed by atoms with Crippen molar-refractivity contribution in [2.45, 2.75) is 6.61 Å². The minimum Gasteiger partial charge on any atom is -0.475 e. The molecule has 2 rings (SSSR count). The van der Waals surface area contributed by atoms with Crippen molar-refractivity contribution in [2.75, 3.05) is 7.11 Å². The highest BCUT2D eigenvalue weighted by atomic mass is 19.1. The number of carbonyl (C=O) groups is 1. The summed E-state index contributed by atoms with van der Waals surface area (Å²) in [5.41, 5.74) is -0.163. The monoisotopic (exact) mass is 242 g/mol. The molecule has 0 amide bonds. The number of fused-ring (bicyclic) bond motifs is 1. The van der Waals surface area contributed by atoms with E-state index in [1.165, 1.54) is 7.11 Å². The van der Waals surface area contributed by atoms with Crippen LogP contribution in [0.15, 0.2) is 16.5 Å². The Bertz CT molecular complexity index is 589. The normalized spacial score (nSPS) is 11.0. The van der Waals surface area contributed by atoms with Crippen molar-refractivity contribution in [3.63, 3.8) is 0 Å². The first-order chi connectivity index (χ1) is 8.04. The molecule has 4 nitrogen and oxygen atoms in total. The first kappa shape index (κ1) is 11.5. The second-order valence-corrected chi connectivity index (χ2v) is 3.41. The van der Waals surface area contributed by atoms with E-state index in [0.29, 0.717) is 6.07 Å². The van der Waals surface area contributed by atoms with Crippen molar-refractivity contribution in [3.05, 3.63) is 35.1 Å². The van der Waals surface area contributed by atoms with Crippen molar-refractivity contribution in [1.29, 1.82) is 0 Å². The Hall–Kier alpha value is -1.95. The lowest BCUT2D eigenvalue weighted by Gasteiger charge is -1.97. The molecule has 0 aliphatic rings. The number of carboxylic acid groups (broad SMARTS) is 1. The van der Waals surface area contributed by atoms with E-state index in [2.05, 4.69) is 0 Å². The van der Waals surface area contributed by atoms with Crippen LogP contribution in [0.1, 0.15) is 16.1 Å². The third-order valence-electron chi connectivity index (χ3n) is 2.29. The zero-order chi connectivity index (χ0) is 12.6. The maximum absolute atomic E-state index is 13.4. The van der Waals surface area contributed by atoms with E-state index in [-0.39, 0.29) is 23.1 Å². The van der Waals surface area contributed by atoms with Gasteiger partial charge in [-0.3, -0.25) is 0 Å². The molecule has 0 fully saturated rings. The average Bonchev–Trinajstić information content (AvgIpc) is 2.58. The van der Waals surface area contributed by atoms with Gasteiger partial charge in [-0.1, -0.05) is 0 Å². The van der Waals surface area contributed by atoms with Gasteiger partial charge < -0.3 is 14.3 Å². The number of halogens is 2. The van der Waals surface area contributed by atoms with Crippen LogP contribution in [-0.2, 0) is 11.3 Å². The van der Waals surface area contributed by atoms with E-state index in [9.17, 15) is 13.6 Å². The van der Waals surface area contributed by atoms with Crippen LogP contribution in [0.2, 0.25) is 0 Å². The summed E-state index contributed by atoms with van der Waals surface area (Å²) in [6, 6.07) is 1.65. The predicted octanol–water partition coefficient (Wildman–Crippen LogP) is 2.56. The number of ether oxygens (including phenoxy) is 1. The van der Waals surface area contributed by atoms with E-state index in [0.717, 1.165) is 6.07 Å². The Morgan fingerprint density at radius 1 is 1.47 bits per heavy atom. The fourth-order valence-corrected chi connectivity index (χ4v) is 1.63. The molecular weight excluding hydrogens is 234 g/mol. The average molecular weight is 242 g/mol. The van der Waals surface area contributed by atoms with Crippen molar-refractivity contribution in [3.8, 4) is 0 Å². The van der Waals surface area contributed by atoms with E-state index in [4.69, 9.17) is 14.3 Å². The fourth-order valence-electron chi connectivity index (χ4n) is 1.63. The number of methoxy groups -OCH3 is 1. The molecule has 6 heteroatoms. The second-order valence-electron chi connectivity index (χ2n) is 3.41. The molecular formula is C11H8F2O4. The van der Waals surface area contributed by atoms with Gasteiger partial charge in [0.2, 0.25) is 5.76 Å². The third kappa shape index (κ3) is 1.87. The molecule has 1 aromatic carbocycles. The Kier molecular flexibility index (Phi) is 2.81. The standard InChI is InChI=1S/C11H8F2O4/c1-16-4-7-6-2-5(12)3-8(13)9(6)17-10(7)11(14)15/h2-3H,4H2,1H3,(H,14,15). The van der Waals surface area contributed by atoms with Gasteiger partial charge in [0, 0.05) is 24.1 Å². The minimum atomic E-state index is -1.35. The van der Waals surface area contributed by atoms with Gasteiger partial charge in [0.05, 0.1) is 6.61 Å². The fraction of sp³-hybridized carbons (Fsp3) is 0.182. The van der Waals surface area contributed by atoms with Crippen LogP contribution in [-0.4, -0.2) is 18.2 Å². The van der Waals surface area contributed by atoms with Crippen LogP contribution >= 0.6 is 0 Å². The van der Waals surface area contributed by atoms with Crippen LogP contribution in [0.3, 0.4) is 0 Å². The number of hydrogen-bond acceptors (Lipinski definition) is 3. The van der Waals surface area contributed by atoms with E-state index >= 15 is 0 Å². The molecule has 1 heterocycles. The molecule has 0 aliphatic carbocycles. The van der Waals surface area contributed by atoms with Gasteiger partial charge in [-0.2, -0.15) is 0 Å². The zero-order valence-corrected chi connectivity index (χ0v) is 8.79. The maximum Gasteiger partial charge on any atom is 0.372 e. The predicted molar refractivity (Wildman–Crippen MR) is 53.8 cm³/mol. The van der Waals surface area contributed by atoms with Crippen molar-refractivity contribution in [2.24, 2.45) is 0 Å². The molecule has 0 saturated heterocycles. The topological polar surface area (TPSA) is 59.7 Å². The van der Waals surface area contributed by atoms with Crippen LogP contribution in [0.5, 0.6) is 0 Å². The first-order valence-electron chi connectivity index (χ1n) is 4.67. The van der Waals surface area contributed by atoms with Crippen molar-refractivity contribution < 1.29 is 27.8 Å². The molecule has 1 N–H and O–H groups in total. The highest BCUT2D eigenvalue weighted by molar-refractivity contribution is 5.95. The van der Waals surface area contributed by atoms with Crippen LogP contribution in [0, 0.1) is 11.6 Å². The second kappa shape index (κ2) is 4.14. The molecule has 17 heavy (non-hydrogen) atoms. The summed E-state index contributed by atoms with van der Waals surface area (Å²) in [5.74, 6) is -3.53. The third-order valence-corrected chi connectivity index (χ3v) is 2.29. The van der Waals surface area contributed by atoms with Gasteiger partial charge in [0.1, 0.15) is 5.82 Å². The van der Waals surface area contributed by atoms with Crippen LogP contribution in [0.4, 0.5) is 8.78 Å². The molecule has 1 aromatic heterocycles. The summed E-state index contributed by atoms with van der Waals surface area (Å²) in [5, 5.41) is 8.96. The largest absolute Gasteiger partial charge is 0.475 e. The minimum absolute atomic E-state index is 0.0711. The molecule has 0 unspecified atom stereocenters. The summed E-state index contributed by atoms with van der Waals surface area (Å²) in [6.45, 7) is -0.0997. The van der Waals surface area contributed by atoms with Gasteiger partial charge in [-0.05, 0) is 6.07 Å². The number of rotatable bonds is 3. The lowest BCUT2D eigenvalue weighted by molar-refractivity contribution is 0.0658. The van der Waals surface area contributed by atoms with Crippen LogP contribution < -0.4 is 0 Å². The van der Waals surface area contributed by atoms with Gasteiger partial charge in [-0.25, -0.2) is 13.6 Å². The highest BCUT2D eigenvalue weighted by Gasteiger charge is 2.22. The molecule has 0 atom stereocenters. The SMILES string of the molecule is COCc1c(C(=O)O)oc2c(F)cc(F)cc12. The van der Waals surface area contributed by atoms with E-state index < -0.39 is 23.4 Å². The summed E-state index contributed by atoms with van der Waals surface area (Å²) >= 11 is 0. The maximum atomic E-state index is 13.4. The summed E-state index contributed by atoms with van der Waals surface area (Å²) in [7, 11) is 1.35. The first-order valence-corrected chi connectivity index (χ1v) is 4.67. The van der Waals surface area contributed by atoms with Gasteiger partial charge in [-0.15, -0.1) is 0 Å². The van der Waals surface area contributed by atoms with E-state index in [1.54, 1.807) is 0 Å². The number of furan rings is 1. The highest BCUT2D eigenvalue weighted by Crippen LogP contribution is 2.29. The van der Waals surface area contributed by atoms with Gasteiger partial charge >= 0.3 is 5.97 Å². The lowest BCUT2D eigenvalue weighted by atomic mass is 10.1. The molecule has 0 radical (unpaired) electrons. The summed E-state index contributed by atoms with van der Waals surface area (Å²) in [4.78, 5) is 10.9. The molecule has 90 valence electrons. The lowest BCUT2D eigenvalue weighted by Crippen LogP contribution is -1.99. The van der Waals surface area contributed by atoms with Crippen LogP contribution in [0.25, 0.3) is 11.0 Å². The molecule has 0 spiro atoms. The molecule has 2 aromatic rings. The zero-order valence-electron chi connectivity index (χ0n) is 8.79. The number of hydrogen-bond donors (Lipinski definition) is 1. The van der Waals surface area contributed by atoms with E-state index in [1.807, 2.05) is 0 Å². The van der Waals surface area contributed by atoms with Gasteiger partial charge in [0.15, 0.2) is 11.4 Å². The van der Waals surface area contributed by atoms with Gasteiger partial charge in [0.25, 0.3) is 0 Å². The number of carboxylic acids is 1. The number of benzene rings is 1. The summed E-state index contributed by atoms with van der Waals surface area (Å²) < 4.78 is 36.1. The number of aromatic carboxylic acids is 1. The molecule has 0 saturated carbocycles.